The number of nitrogens with zero attached hydrogens (tertiary/aromatic N) is 2. The van der Waals surface area contributed by atoms with Crippen LogP contribution in [0, 0.1) is 0 Å². The Balaban J connectivity index is 1.27. The van der Waals surface area contributed by atoms with Crippen molar-refractivity contribution in [3.05, 3.63) is 181 Å². The molecule has 0 atom stereocenters. The van der Waals surface area contributed by atoms with E-state index in [0.29, 0.717) is 0 Å². The standard InChI is InChI=1S/C47H30N2/c1-2-13-31(14-3-1)38-28-33(29-40-34-18-6-5-16-32(34)27-39(38)40)48-42-22-10-8-20-36(42)46-44(48)25-26-45-47(46)37-21-9-11-23-43(37)49(45)41-24-12-17-30-15-4-7-19-35(30)41/h1-26,28-29H,27H2. The normalized spacial score (nSPS) is 12.4. The summed E-state index contributed by atoms with van der Waals surface area (Å²) >= 11 is 0. The maximum atomic E-state index is 2.50. The molecule has 0 amide bonds. The van der Waals surface area contributed by atoms with Gasteiger partial charge in [0.05, 0.1) is 27.8 Å². The van der Waals surface area contributed by atoms with E-state index in [1.54, 1.807) is 0 Å². The van der Waals surface area contributed by atoms with Crippen LogP contribution < -0.4 is 0 Å². The molecule has 0 saturated heterocycles. The first-order chi connectivity index (χ1) is 24.3. The number of para-hydroxylation sites is 2. The lowest BCUT2D eigenvalue weighted by Gasteiger charge is -2.16. The van der Waals surface area contributed by atoms with E-state index in [4.69, 9.17) is 0 Å². The summed E-state index contributed by atoms with van der Waals surface area (Å²) in [6, 6.07) is 62.6. The van der Waals surface area contributed by atoms with E-state index in [1.807, 2.05) is 0 Å². The average Bonchev–Trinajstić information content (AvgIpc) is 3.82. The van der Waals surface area contributed by atoms with Gasteiger partial charge in [-0.05, 0) is 87.7 Å². The Kier molecular flexibility index (Phi) is 5.47. The second-order valence-electron chi connectivity index (χ2n) is 13.3. The van der Waals surface area contributed by atoms with Gasteiger partial charge in [0.1, 0.15) is 0 Å². The average molecular weight is 623 g/mol. The highest BCUT2D eigenvalue weighted by molar-refractivity contribution is 6.29. The van der Waals surface area contributed by atoms with Crippen molar-refractivity contribution in [2.24, 2.45) is 0 Å². The fraction of sp³-hybridized carbons (Fsp3) is 0.0213. The van der Waals surface area contributed by atoms with Crippen molar-refractivity contribution in [1.29, 1.82) is 0 Å². The number of aromatic nitrogens is 2. The molecule has 49 heavy (non-hydrogen) atoms. The molecule has 0 saturated carbocycles. The second kappa shape index (κ2) is 10.1. The van der Waals surface area contributed by atoms with Crippen molar-refractivity contribution < 1.29 is 0 Å². The van der Waals surface area contributed by atoms with Crippen LogP contribution in [0.25, 0.3) is 88.0 Å². The molecule has 11 rings (SSSR count). The molecule has 228 valence electrons. The predicted octanol–water partition coefficient (Wildman–Crippen LogP) is 12.3. The smallest absolute Gasteiger partial charge is 0.0549 e. The summed E-state index contributed by atoms with van der Waals surface area (Å²) < 4.78 is 4.97. The molecule has 1 aliphatic rings. The predicted molar refractivity (Wildman–Crippen MR) is 206 cm³/mol. The second-order valence-corrected chi connectivity index (χ2v) is 13.3. The minimum Gasteiger partial charge on any atom is -0.309 e. The Hall–Kier alpha value is -6.38. The summed E-state index contributed by atoms with van der Waals surface area (Å²) in [6.07, 6.45) is 0.956. The van der Waals surface area contributed by atoms with Crippen molar-refractivity contribution >= 4 is 54.4 Å². The van der Waals surface area contributed by atoms with Gasteiger partial charge in [-0.15, -0.1) is 0 Å². The van der Waals surface area contributed by atoms with Gasteiger partial charge < -0.3 is 9.13 Å². The minimum atomic E-state index is 0.956. The summed E-state index contributed by atoms with van der Waals surface area (Å²) in [5.74, 6) is 0. The maximum Gasteiger partial charge on any atom is 0.0549 e. The fourth-order valence-electron chi connectivity index (χ4n) is 8.68. The molecular weight excluding hydrogens is 593 g/mol. The molecule has 0 N–H and O–H groups in total. The highest BCUT2D eigenvalue weighted by atomic mass is 15.0. The van der Waals surface area contributed by atoms with Crippen LogP contribution in [0.1, 0.15) is 11.1 Å². The van der Waals surface area contributed by atoms with Crippen molar-refractivity contribution in [1.82, 2.24) is 9.13 Å². The summed E-state index contributed by atoms with van der Waals surface area (Å²) in [5.41, 5.74) is 15.4. The summed E-state index contributed by atoms with van der Waals surface area (Å²) in [7, 11) is 0. The van der Waals surface area contributed by atoms with Gasteiger partial charge in [0, 0.05) is 32.6 Å². The molecule has 0 bridgehead atoms. The fourth-order valence-corrected chi connectivity index (χ4v) is 8.68. The Morgan fingerprint density at radius 3 is 1.78 bits per heavy atom. The van der Waals surface area contributed by atoms with Crippen molar-refractivity contribution in [3.63, 3.8) is 0 Å². The third kappa shape index (κ3) is 3.71. The lowest BCUT2D eigenvalue weighted by Crippen LogP contribution is -1.98. The van der Waals surface area contributed by atoms with Crippen LogP contribution in [-0.2, 0) is 6.42 Å². The Labute approximate surface area is 283 Å². The third-order valence-corrected chi connectivity index (χ3v) is 10.7. The van der Waals surface area contributed by atoms with Crippen LogP contribution in [0.3, 0.4) is 0 Å². The zero-order chi connectivity index (χ0) is 32.1. The molecule has 0 fully saturated rings. The molecule has 2 nitrogen and oxygen atoms in total. The molecule has 0 aliphatic heterocycles. The monoisotopic (exact) mass is 622 g/mol. The molecule has 1 aliphatic carbocycles. The van der Waals surface area contributed by atoms with Crippen molar-refractivity contribution in [2.45, 2.75) is 6.42 Å². The number of hydrogen-bond acceptors (Lipinski definition) is 0. The maximum absolute atomic E-state index is 2.50. The first kappa shape index (κ1) is 26.7. The molecule has 2 heterocycles. The minimum absolute atomic E-state index is 0.956. The van der Waals surface area contributed by atoms with E-state index in [2.05, 4.69) is 179 Å². The SMILES string of the molecule is c1ccc(-c2cc(-n3c4ccccc4c4c5c6ccccc6n(-c6cccc7ccccc67)c5ccc43)cc3c2Cc2ccccc2-3)cc1. The molecule has 0 unspecified atom stereocenters. The van der Waals surface area contributed by atoms with E-state index in [-0.39, 0.29) is 0 Å². The van der Waals surface area contributed by atoms with Crippen LogP contribution in [-0.4, -0.2) is 9.13 Å². The Bertz CT molecular complexity index is 2950. The van der Waals surface area contributed by atoms with Gasteiger partial charge in [-0.25, -0.2) is 0 Å². The molecule has 10 aromatic rings. The molecule has 2 heteroatoms. The van der Waals surface area contributed by atoms with Gasteiger partial charge in [-0.2, -0.15) is 0 Å². The summed E-state index contributed by atoms with van der Waals surface area (Å²) in [6.45, 7) is 0. The summed E-state index contributed by atoms with van der Waals surface area (Å²) in [4.78, 5) is 0. The lowest BCUT2D eigenvalue weighted by atomic mass is 9.94. The zero-order valence-electron chi connectivity index (χ0n) is 26.8. The van der Waals surface area contributed by atoms with Crippen molar-refractivity contribution in [2.75, 3.05) is 0 Å². The first-order valence-electron chi connectivity index (χ1n) is 17.1. The van der Waals surface area contributed by atoms with E-state index in [9.17, 15) is 0 Å². The van der Waals surface area contributed by atoms with Gasteiger partial charge in [0.2, 0.25) is 0 Å². The van der Waals surface area contributed by atoms with Gasteiger partial charge in [0.25, 0.3) is 0 Å². The van der Waals surface area contributed by atoms with Crippen LogP contribution >= 0.6 is 0 Å². The molecule has 2 aromatic heterocycles. The third-order valence-electron chi connectivity index (χ3n) is 10.7. The van der Waals surface area contributed by atoms with E-state index in [0.717, 1.165) is 6.42 Å². The zero-order valence-corrected chi connectivity index (χ0v) is 26.8. The number of rotatable bonds is 3. The number of benzene rings is 8. The topological polar surface area (TPSA) is 9.86 Å². The van der Waals surface area contributed by atoms with E-state index < -0.39 is 0 Å². The molecule has 8 aromatic carbocycles. The number of hydrogen-bond donors (Lipinski definition) is 0. The van der Waals surface area contributed by atoms with Gasteiger partial charge in [0.15, 0.2) is 0 Å². The van der Waals surface area contributed by atoms with Gasteiger partial charge >= 0.3 is 0 Å². The molecular formula is C47H30N2. The molecule has 0 radical (unpaired) electrons. The van der Waals surface area contributed by atoms with Gasteiger partial charge in [-0.1, -0.05) is 127 Å². The van der Waals surface area contributed by atoms with E-state index in [1.165, 1.54) is 99.1 Å². The van der Waals surface area contributed by atoms with Crippen LogP contribution in [0.15, 0.2) is 170 Å². The Morgan fingerprint density at radius 1 is 0.388 bits per heavy atom. The quantitative estimate of drug-likeness (QED) is 0.186. The van der Waals surface area contributed by atoms with Crippen molar-refractivity contribution in [3.8, 4) is 33.6 Å². The van der Waals surface area contributed by atoms with Crippen LogP contribution in [0.2, 0.25) is 0 Å². The van der Waals surface area contributed by atoms with Gasteiger partial charge in [-0.3, -0.25) is 0 Å². The lowest BCUT2D eigenvalue weighted by molar-refractivity contribution is 1.17. The highest BCUT2D eigenvalue weighted by Gasteiger charge is 2.25. The summed E-state index contributed by atoms with van der Waals surface area (Å²) in [5, 5.41) is 7.63. The molecule has 0 spiro atoms. The largest absolute Gasteiger partial charge is 0.309 e. The highest BCUT2D eigenvalue weighted by Crippen LogP contribution is 2.46. The first-order valence-corrected chi connectivity index (χ1v) is 17.1. The Morgan fingerprint density at radius 2 is 0.980 bits per heavy atom. The number of fused-ring (bicyclic) bond motifs is 11. The van der Waals surface area contributed by atoms with Crippen LogP contribution in [0.5, 0.6) is 0 Å². The van der Waals surface area contributed by atoms with Crippen LogP contribution in [0.4, 0.5) is 0 Å². The van der Waals surface area contributed by atoms with E-state index >= 15 is 0 Å².